The molecule has 0 spiro atoms. The van der Waals surface area contributed by atoms with E-state index < -0.39 is 18.1 Å². The van der Waals surface area contributed by atoms with E-state index in [1.165, 1.54) is 4.90 Å². The van der Waals surface area contributed by atoms with Crippen molar-refractivity contribution in [2.24, 2.45) is 0 Å². The lowest BCUT2D eigenvalue weighted by Gasteiger charge is -2.19. The van der Waals surface area contributed by atoms with Crippen molar-refractivity contribution in [1.29, 1.82) is 0 Å². The Morgan fingerprint density at radius 3 is 2.38 bits per heavy atom. The Kier molecular flexibility index (Phi) is 5.63. The number of ether oxygens (including phenoxy) is 2. The molecule has 0 radical (unpaired) electrons. The number of carbonyl (C=O) groups is 3. The van der Waals surface area contributed by atoms with Crippen molar-refractivity contribution in [3.63, 3.8) is 0 Å². The van der Waals surface area contributed by atoms with Crippen LogP contribution in [-0.4, -0.2) is 35.5 Å². The molecule has 0 saturated carbocycles. The third-order valence-electron chi connectivity index (χ3n) is 4.17. The van der Waals surface area contributed by atoms with Crippen molar-refractivity contribution in [1.82, 2.24) is 4.90 Å². The lowest BCUT2D eigenvalue weighted by atomic mass is 10.0. The predicted octanol–water partition coefficient (Wildman–Crippen LogP) is 3.17. The summed E-state index contributed by atoms with van der Waals surface area (Å²) < 4.78 is 10.2. The normalized spacial score (nSPS) is 16.2. The molecule has 1 aliphatic heterocycles. The molecule has 1 aliphatic rings. The van der Waals surface area contributed by atoms with E-state index in [1.807, 2.05) is 36.4 Å². The quantitative estimate of drug-likeness (QED) is 0.589. The third-order valence-corrected chi connectivity index (χ3v) is 4.17. The second-order valence-corrected chi connectivity index (χ2v) is 5.95. The first-order valence-electron chi connectivity index (χ1n) is 8.37. The van der Waals surface area contributed by atoms with E-state index in [2.05, 4.69) is 0 Å². The van der Waals surface area contributed by atoms with Crippen LogP contribution in [0.3, 0.4) is 0 Å². The second-order valence-electron chi connectivity index (χ2n) is 5.95. The molecule has 2 aromatic carbocycles. The Balaban J connectivity index is 1.56. The summed E-state index contributed by atoms with van der Waals surface area (Å²) in [5.41, 5.74) is 1.43. The standard InChI is InChI=1S/C20H19NO5/c22-18(16-9-5-2-6-10-16)12-11-17-19(23)26-14-21(17)20(24)25-13-15-7-3-1-4-8-15/h1-10,17H,11-14H2/t17-/m1/s1. The van der Waals surface area contributed by atoms with E-state index >= 15 is 0 Å². The molecule has 0 bridgehead atoms. The molecule has 1 atom stereocenters. The number of nitrogens with zero attached hydrogens (tertiary/aromatic N) is 1. The van der Waals surface area contributed by atoms with Gasteiger partial charge in [0.2, 0.25) is 0 Å². The van der Waals surface area contributed by atoms with Crippen LogP contribution in [-0.2, 0) is 20.9 Å². The number of rotatable bonds is 6. The number of amides is 1. The number of ketones is 1. The summed E-state index contributed by atoms with van der Waals surface area (Å²) in [6.07, 6.45) is -0.281. The van der Waals surface area contributed by atoms with E-state index in [-0.39, 0.29) is 32.0 Å². The molecule has 1 fully saturated rings. The highest BCUT2D eigenvalue weighted by Gasteiger charge is 2.38. The molecule has 0 unspecified atom stereocenters. The molecular weight excluding hydrogens is 334 g/mol. The van der Waals surface area contributed by atoms with Crippen LogP contribution >= 0.6 is 0 Å². The van der Waals surface area contributed by atoms with Crippen LogP contribution < -0.4 is 0 Å². The summed E-state index contributed by atoms with van der Waals surface area (Å²) in [6, 6.07) is 17.3. The lowest BCUT2D eigenvalue weighted by molar-refractivity contribution is -0.139. The van der Waals surface area contributed by atoms with Crippen LogP contribution in [0.15, 0.2) is 60.7 Å². The van der Waals surface area contributed by atoms with Crippen LogP contribution in [0.5, 0.6) is 0 Å². The van der Waals surface area contributed by atoms with Gasteiger partial charge in [-0.2, -0.15) is 0 Å². The van der Waals surface area contributed by atoms with Gasteiger partial charge in [-0.05, 0) is 12.0 Å². The van der Waals surface area contributed by atoms with Gasteiger partial charge in [0.15, 0.2) is 12.5 Å². The molecule has 2 aromatic rings. The number of Topliss-reactive ketones (excluding diaryl/α,β-unsaturated/α-hetero) is 1. The van der Waals surface area contributed by atoms with Crippen molar-refractivity contribution in [3.05, 3.63) is 71.8 Å². The number of hydrogen-bond acceptors (Lipinski definition) is 5. The third kappa shape index (κ3) is 4.27. The largest absolute Gasteiger partial charge is 0.444 e. The fourth-order valence-electron chi connectivity index (χ4n) is 2.74. The highest BCUT2D eigenvalue weighted by Crippen LogP contribution is 2.19. The van der Waals surface area contributed by atoms with E-state index in [0.717, 1.165) is 5.56 Å². The van der Waals surface area contributed by atoms with Crippen molar-refractivity contribution in [2.75, 3.05) is 6.73 Å². The molecule has 0 N–H and O–H groups in total. The Morgan fingerprint density at radius 2 is 1.69 bits per heavy atom. The van der Waals surface area contributed by atoms with Gasteiger partial charge in [-0.15, -0.1) is 0 Å². The number of carbonyl (C=O) groups excluding carboxylic acids is 3. The maximum absolute atomic E-state index is 12.3. The van der Waals surface area contributed by atoms with Gasteiger partial charge in [-0.1, -0.05) is 60.7 Å². The number of hydrogen-bond donors (Lipinski definition) is 0. The van der Waals surface area contributed by atoms with E-state index in [9.17, 15) is 14.4 Å². The molecule has 6 heteroatoms. The average Bonchev–Trinajstić information content (AvgIpc) is 3.06. The van der Waals surface area contributed by atoms with Crippen LogP contribution in [0.1, 0.15) is 28.8 Å². The van der Waals surface area contributed by atoms with Crippen LogP contribution in [0.2, 0.25) is 0 Å². The van der Waals surface area contributed by atoms with Gasteiger partial charge in [0.05, 0.1) is 0 Å². The number of esters is 1. The molecule has 1 saturated heterocycles. The molecule has 26 heavy (non-hydrogen) atoms. The molecule has 6 nitrogen and oxygen atoms in total. The smallest absolute Gasteiger partial charge is 0.413 e. The molecule has 0 aromatic heterocycles. The van der Waals surface area contributed by atoms with Gasteiger partial charge >= 0.3 is 12.1 Å². The first kappa shape index (κ1) is 17.7. The van der Waals surface area contributed by atoms with Crippen molar-refractivity contribution in [2.45, 2.75) is 25.5 Å². The number of benzene rings is 2. The highest BCUT2D eigenvalue weighted by molar-refractivity contribution is 5.96. The van der Waals surface area contributed by atoms with E-state index in [0.29, 0.717) is 5.56 Å². The zero-order valence-electron chi connectivity index (χ0n) is 14.2. The monoisotopic (exact) mass is 353 g/mol. The van der Waals surface area contributed by atoms with Crippen LogP contribution in [0.25, 0.3) is 0 Å². The van der Waals surface area contributed by atoms with Gasteiger partial charge in [0.1, 0.15) is 12.6 Å². The Bertz CT molecular complexity index is 775. The maximum Gasteiger partial charge on any atom is 0.413 e. The Hall–Kier alpha value is -3.15. The van der Waals surface area contributed by atoms with Crippen molar-refractivity contribution < 1.29 is 23.9 Å². The van der Waals surface area contributed by atoms with Crippen LogP contribution in [0, 0.1) is 0 Å². The summed E-state index contributed by atoms with van der Waals surface area (Å²) in [5.74, 6) is -0.592. The fraction of sp³-hybridized carbons (Fsp3) is 0.250. The fourth-order valence-corrected chi connectivity index (χ4v) is 2.74. The first-order chi connectivity index (χ1) is 12.6. The zero-order valence-corrected chi connectivity index (χ0v) is 14.2. The molecule has 1 heterocycles. The van der Waals surface area contributed by atoms with Crippen molar-refractivity contribution >= 4 is 17.8 Å². The number of cyclic esters (lactones) is 1. The summed E-state index contributed by atoms with van der Waals surface area (Å²) in [7, 11) is 0. The lowest BCUT2D eigenvalue weighted by Crippen LogP contribution is -2.38. The van der Waals surface area contributed by atoms with Gasteiger partial charge in [0, 0.05) is 12.0 Å². The minimum absolute atomic E-state index is 0.0806. The van der Waals surface area contributed by atoms with E-state index in [4.69, 9.17) is 9.47 Å². The van der Waals surface area contributed by atoms with Crippen LogP contribution in [0.4, 0.5) is 4.79 Å². The second kappa shape index (κ2) is 8.29. The summed E-state index contributed by atoms with van der Waals surface area (Å²) in [5, 5.41) is 0. The van der Waals surface area contributed by atoms with Gasteiger partial charge < -0.3 is 9.47 Å². The average molecular weight is 353 g/mol. The summed E-state index contributed by atoms with van der Waals surface area (Å²) in [6.45, 7) is -0.0450. The SMILES string of the molecule is O=C(CC[C@@H]1C(=O)OCN1C(=O)OCc1ccccc1)c1ccccc1. The minimum Gasteiger partial charge on any atom is -0.444 e. The molecule has 0 aliphatic carbocycles. The maximum atomic E-state index is 12.3. The predicted molar refractivity (Wildman–Crippen MR) is 93.2 cm³/mol. The van der Waals surface area contributed by atoms with Gasteiger partial charge in [-0.25, -0.2) is 9.59 Å². The topological polar surface area (TPSA) is 72.9 Å². The zero-order chi connectivity index (χ0) is 18.4. The Labute approximate surface area is 151 Å². The molecular formula is C20H19NO5. The molecule has 134 valence electrons. The van der Waals surface area contributed by atoms with Crippen molar-refractivity contribution in [3.8, 4) is 0 Å². The molecule has 3 rings (SSSR count). The van der Waals surface area contributed by atoms with Gasteiger partial charge in [0.25, 0.3) is 0 Å². The van der Waals surface area contributed by atoms with E-state index in [1.54, 1.807) is 24.3 Å². The Morgan fingerprint density at radius 1 is 1.04 bits per heavy atom. The molecule has 1 amide bonds. The van der Waals surface area contributed by atoms with Gasteiger partial charge in [-0.3, -0.25) is 9.69 Å². The summed E-state index contributed by atoms with van der Waals surface area (Å²) >= 11 is 0. The first-order valence-corrected chi connectivity index (χ1v) is 8.37. The minimum atomic E-state index is -0.800. The summed E-state index contributed by atoms with van der Waals surface area (Å²) in [4.78, 5) is 37.6. The highest BCUT2D eigenvalue weighted by atomic mass is 16.6.